The lowest BCUT2D eigenvalue weighted by atomic mass is 10.1. The molecule has 132 valence electrons. The number of hydrogen-bond donors (Lipinski definition) is 3. The summed E-state index contributed by atoms with van der Waals surface area (Å²) in [6, 6.07) is 0. The first-order valence-corrected chi connectivity index (χ1v) is 8.35. The standard InChI is InChI=1S/C17H24N2O5/c1-2-3-4-5-6-7-8-12-10-19(17(23)18-16(12)22)15-9-13(21)14(11-20)24-15/h10,13-15,20-21H,2-6,9,11H2,1H3,(H,18,22,23). The van der Waals surface area contributed by atoms with Crippen molar-refractivity contribution < 1.29 is 14.9 Å². The highest BCUT2D eigenvalue weighted by Gasteiger charge is 2.35. The summed E-state index contributed by atoms with van der Waals surface area (Å²) in [4.78, 5) is 26.0. The molecule has 0 bridgehead atoms. The summed E-state index contributed by atoms with van der Waals surface area (Å²) in [6.07, 6.45) is 4.31. The van der Waals surface area contributed by atoms with Crippen molar-refractivity contribution in [1.29, 1.82) is 0 Å². The fraction of sp³-hybridized carbons (Fsp3) is 0.647. The number of nitrogens with one attached hydrogen (secondary N) is 1. The Hall–Kier alpha value is -1.88. The highest BCUT2D eigenvalue weighted by molar-refractivity contribution is 5.29. The van der Waals surface area contributed by atoms with Gasteiger partial charge >= 0.3 is 5.69 Å². The third-order valence-corrected chi connectivity index (χ3v) is 4.04. The molecule has 7 nitrogen and oxygen atoms in total. The molecule has 1 aromatic heterocycles. The number of hydrogen-bond acceptors (Lipinski definition) is 5. The summed E-state index contributed by atoms with van der Waals surface area (Å²) >= 11 is 0. The number of H-pyrrole nitrogens is 1. The first kappa shape index (κ1) is 18.5. The molecule has 0 saturated carbocycles. The van der Waals surface area contributed by atoms with Gasteiger partial charge in [0, 0.05) is 19.0 Å². The van der Waals surface area contributed by atoms with Gasteiger partial charge in [0.1, 0.15) is 17.9 Å². The Labute approximate surface area is 140 Å². The molecule has 0 aliphatic carbocycles. The number of aliphatic hydroxyl groups is 2. The normalized spacial score (nSPS) is 23.0. The topological polar surface area (TPSA) is 105 Å². The van der Waals surface area contributed by atoms with E-state index in [2.05, 4.69) is 23.7 Å². The monoisotopic (exact) mass is 336 g/mol. The molecule has 1 aromatic rings. The summed E-state index contributed by atoms with van der Waals surface area (Å²) in [6.45, 7) is 1.80. The molecule has 2 heterocycles. The second-order valence-electron chi connectivity index (χ2n) is 5.94. The Morgan fingerprint density at radius 2 is 2.17 bits per heavy atom. The summed E-state index contributed by atoms with van der Waals surface area (Å²) in [5.41, 5.74) is -0.963. The fourth-order valence-electron chi connectivity index (χ4n) is 2.64. The van der Waals surface area contributed by atoms with E-state index >= 15 is 0 Å². The Balaban J connectivity index is 2.13. The van der Waals surface area contributed by atoms with Gasteiger partial charge in [0.25, 0.3) is 5.56 Å². The van der Waals surface area contributed by atoms with Gasteiger partial charge in [0.2, 0.25) is 0 Å². The zero-order chi connectivity index (χ0) is 17.5. The van der Waals surface area contributed by atoms with Crippen LogP contribution in [0.2, 0.25) is 0 Å². The maximum Gasteiger partial charge on any atom is 0.330 e. The van der Waals surface area contributed by atoms with Crippen LogP contribution >= 0.6 is 0 Å². The minimum absolute atomic E-state index is 0.168. The molecule has 7 heteroatoms. The molecule has 0 spiro atoms. The molecule has 0 radical (unpaired) electrons. The minimum atomic E-state index is -0.855. The van der Waals surface area contributed by atoms with Gasteiger partial charge in [-0.3, -0.25) is 14.3 Å². The molecule has 1 aliphatic heterocycles. The number of unbranched alkanes of at least 4 members (excludes halogenated alkanes) is 4. The number of rotatable bonds is 6. The van der Waals surface area contributed by atoms with Crippen LogP contribution in [-0.2, 0) is 4.74 Å². The molecular formula is C17H24N2O5. The molecule has 3 N–H and O–H groups in total. The highest BCUT2D eigenvalue weighted by atomic mass is 16.5. The van der Waals surface area contributed by atoms with Crippen molar-refractivity contribution in [2.45, 2.75) is 63.9 Å². The lowest BCUT2D eigenvalue weighted by Gasteiger charge is -2.14. The van der Waals surface area contributed by atoms with Crippen LogP contribution in [0.5, 0.6) is 0 Å². The van der Waals surface area contributed by atoms with Gasteiger partial charge < -0.3 is 14.9 Å². The van der Waals surface area contributed by atoms with Crippen molar-refractivity contribution in [2.24, 2.45) is 0 Å². The molecule has 3 unspecified atom stereocenters. The van der Waals surface area contributed by atoms with E-state index in [0.29, 0.717) is 6.42 Å². The van der Waals surface area contributed by atoms with Crippen LogP contribution in [0.3, 0.4) is 0 Å². The largest absolute Gasteiger partial charge is 0.394 e. The molecule has 0 amide bonds. The minimum Gasteiger partial charge on any atom is -0.394 e. The molecule has 1 fully saturated rings. The molecule has 3 atom stereocenters. The van der Waals surface area contributed by atoms with Crippen LogP contribution in [0.25, 0.3) is 0 Å². The number of aromatic nitrogens is 2. The Bertz CT molecular complexity index is 712. The lowest BCUT2D eigenvalue weighted by Crippen LogP contribution is -2.33. The van der Waals surface area contributed by atoms with E-state index in [-0.39, 0.29) is 18.6 Å². The van der Waals surface area contributed by atoms with Gasteiger partial charge in [-0.25, -0.2) is 4.79 Å². The molecular weight excluding hydrogens is 312 g/mol. The van der Waals surface area contributed by atoms with Crippen LogP contribution in [0.1, 0.15) is 57.2 Å². The van der Waals surface area contributed by atoms with Crippen molar-refractivity contribution in [3.05, 3.63) is 32.6 Å². The second-order valence-corrected chi connectivity index (χ2v) is 5.94. The van der Waals surface area contributed by atoms with Crippen LogP contribution in [0.4, 0.5) is 0 Å². The van der Waals surface area contributed by atoms with Gasteiger partial charge in [-0.1, -0.05) is 38.0 Å². The fourth-order valence-corrected chi connectivity index (χ4v) is 2.64. The first-order chi connectivity index (χ1) is 11.6. The van der Waals surface area contributed by atoms with Crippen molar-refractivity contribution >= 4 is 0 Å². The Kier molecular flexibility index (Phi) is 6.79. The molecule has 0 aromatic carbocycles. The lowest BCUT2D eigenvalue weighted by molar-refractivity contribution is -0.0459. The van der Waals surface area contributed by atoms with Crippen molar-refractivity contribution in [1.82, 2.24) is 9.55 Å². The predicted octanol–water partition coefficient (Wildman–Crippen LogP) is 0.499. The smallest absolute Gasteiger partial charge is 0.330 e. The molecule has 1 aliphatic rings. The third kappa shape index (κ3) is 4.57. The van der Waals surface area contributed by atoms with E-state index in [9.17, 15) is 14.7 Å². The van der Waals surface area contributed by atoms with Gasteiger partial charge in [-0.15, -0.1) is 0 Å². The van der Waals surface area contributed by atoms with Crippen molar-refractivity contribution in [2.75, 3.05) is 6.61 Å². The summed E-state index contributed by atoms with van der Waals surface area (Å²) < 4.78 is 6.66. The van der Waals surface area contributed by atoms with E-state index in [1.165, 1.54) is 17.2 Å². The Morgan fingerprint density at radius 3 is 2.83 bits per heavy atom. The van der Waals surface area contributed by atoms with Crippen molar-refractivity contribution in [3.63, 3.8) is 0 Å². The van der Waals surface area contributed by atoms with E-state index < -0.39 is 29.7 Å². The third-order valence-electron chi connectivity index (χ3n) is 4.04. The second kappa shape index (κ2) is 8.83. The summed E-state index contributed by atoms with van der Waals surface area (Å²) in [5, 5.41) is 18.9. The van der Waals surface area contributed by atoms with Crippen LogP contribution in [0, 0.1) is 11.8 Å². The molecule has 1 saturated heterocycles. The van der Waals surface area contributed by atoms with Gasteiger partial charge in [-0.05, 0) is 6.42 Å². The highest BCUT2D eigenvalue weighted by Crippen LogP contribution is 2.27. The SMILES string of the molecule is CCCCCCC#Cc1cn(C2CC(O)C(CO)O2)c(=O)[nH]c1=O. The average Bonchev–Trinajstić information content (AvgIpc) is 2.93. The summed E-state index contributed by atoms with van der Waals surface area (Å²) in [5.74, 6) is 5.75. The Morgan fingerprint density at radius 1 is 1.38 bits per heavy atom. The van der Waals surface area contributed by atoms with E-state index in [1.807, 2.05) is 0 Å². The van der Waals surface area contributed by atoms with E-state index in [4.69, 9.17) is 9.84 Å². The molecule has 2 rings (SSSR count). The van der Waals surface area contributed by atoms with Gasteiger partial charge in [0.15, 0.2) is 0 Å². The van der Waals surface area contributed by atoms with Gasteiger partial charge in [0.05, 0.1) is 12.7 Å². The quantitative estimate of drug-likeness (QED) is 0.518. The zero-order valence-electron chi connectivity index (χ0n) is 13.8. The average molecular weight is 336 g/mol. The maximum absolute atomic E-state index is 12.0. The number of nitrogens with zero attached hydrogens (tertiary/aromatic N) is 1. The van der Waals surface area contributed by atoms with Gasteiger partial charge in [-0.2, -0.15) is 0 Å². The number of aliphatic hydroxyl groups excluding tert-OH is 2. The number of ether oxygens (including phenoxy) is 1. The maximum atomic E-state index is 12.0. The van der Waals surface area contributed by atoms with Crippen LogP contribution in [-0.4, -0.2) is 38.6 Å². The van der Waals surface area contributed by atoms with E-state index in [0.717, 1.165) is 19.3 Å². The molecule has 24 heavy (non-hydrogen) atoms. The summed E-state index contributed by atoms with van der Waals surface area (Å²) in [7, 11) is 0. The first-order valence-electron chi connectivity index (χ1n) is 8.35. The number of aromatic amines is 1. The van der Waals surface area contributed by atoms with Crippen LogP contribution < -0.4 is 11.2 Å². The van der Waals surface area contributed by atoms with Crippen LogP contribution in [0.15, 0.2) is 15.8 Å². The zero-order valence-corrected chi connectivity index (χ0v) is 13.8. The van der Waals surface area contributed by atoms with Crippen molar-refractivity contribution in [3.8, 4) is 11.8 Å². The van der Waals surface area contributed by atoms with E-state index in [1.54, 1.807) is 0 Å². The predicted molar refractivity (Wildman–Crippen MR) is 88.6 cm³/mol.